The van der Waals surface area contributed by atoms with Crippen LogP contribution in [0.5, 0.6) is 5.75 Å². The fourth-order valence-electron chi connectivity index (χ4n) is 4.23. The number of ether oxygens (including phenoxy) is 1. The molecule has 1 N–H and O–H groups in total. The molecule has 0 amide bonds. The zero-order chi connectivity index (χ0) is 26.2. The maximum absolute atomic E-state index is 14.2. The molecule has 9 heteroatoms. The lowest BCUT2D eigenvalue weighted by Gasteiger charge is -2.38. The number of alkyl halides is 3. The number of benzene rings is 3. The van der Waals surface area contributed by atoms with Gasteiger partial charge in [0, 0.05) is 38.2 Å². The highest BCUT2D eigenvalue weighted by Crippen LogP contribution is 2.45. The lowest BCUT2D eigenvalue weighted by molar-refractivity contribution is -0.266. The third-order valence-corrected chi connectivity index (χ3v) is 6.76. The summed E-state index contributed by atoms with van der Waals surface area (Å²) in [5.74, 6) is -0.388. The van der Waals surface area contributed by atoms with Crippen molar-refractivity contribution >= 4 is 34.8 Å². The van der Waals surface area contributed by atoms with Crippen LogP contribution in [0, 0.1) is 5.82 Å². The summed E-state index contributed by atoms with van der Waals surface area (Å²) < 4.78 is 61.8. The summed E-state index contributed by atoms with van der Waals surface area (Å²) in [4.78, 5) is 0. The van der Waals surface area contributed by atoms with Crippen molar-refractivity contribution in [2.45, 2.75) is 43.9 Å². The topological polar surface area (TPSA) is 29.5 Å². The molecule has 0 aliphatic rings. The second-order valence-corrected chi connectivity index (χ2v) is 10.3. The van der Waals surface area contributed by atoms with Crippen LogP contribution in [0.4, 0.5) is 17.6 Å². The molecule has 0 spiro atoms. The van der Waals surface area contributed by atoms with Crippen LogP contribution in [0.3, 0.4) is 0 Å². The standard InChI is InChI=1S/C26H23Cl3F4O2/c1-24(2,20-12-17(30)6-9-23(20)35-3)14-25(34,26(31,32)33)13-15-4-7-18(21(28)10-15)19-8-5-16(27)11-22(19)29/h4-12,34H,13-14H2,1-3H3. The first kappa shape index (κ1) is 27.6. The molecule has 1 atom stereocenters. The molecule has 0 aromatic heterocycles. The van der Waals surface area contributed by atoms with E-state index < -0.39 is 35.9 Å². The van der Waals surface area contributed by atoms with Crippen molar-refractivity contribution in [2.75, 3.05) is 7.11 Å². The van der Waals surface area contributed by atoms with Crippen molar-refractivity contribution in [1.29, 1.82) is 0 Å². The third-order valence-electron chi connectivity index (χ3n) is 5.90. The van der Waals surface area contributed by atoms with E-state index in [1.54, 1.807) is 18.2 Å². The van der Waals surface area contributed by atoms with E-state index in [9.17, 15) is 22.7 Å². The Labute approximate surface area is 216 Å². The minimum absolute atomic E-state index is 0.169. The normalized spacial score (nSPS) is 14.0. The predicted molar refractivity (Wildman–Crippen MR) is 132 cm³/mol. The Kier molecular flexibility index (Phi) is 8.02. The van der Waals surface area contributed by atoms with Gasteiger partial charge in [0.25, 0.3) is 0 Å². The molecule has 35 heavy (non-hydrogen) atoms. The van der Waals surface area contributed by atoms with Gasteiger partial charge in [0.05, 0.1) is 7.11 Å². The number of halogens is 7. The first-order valence-electron chi connectivity index (χ1n) is 10.5. The number of methoxy groups -OCH3 is 1. The molecular weight excluding hydrogens is 527 g/mol. The third kappa shape index (κ3) is 6.05. The zero-order valence-corrected chi connectivity index (χ0v) is 21.4. The highest BCUT2D eigenvalue weighted by Gasteiger charge is 2.56. The Morgan fingerprint density at radius 2 is 1.46 bits per heavy atom. The molecule has 3 aromatic carbocycles. The zero-order valence-electron chi connectivity index (χ0n) is 19.1. The molecule has 0 radical (unpaired) electrons. The molecule has 188 valence electrons. The Morgan fingerprint density at radius 3 is 2.00 bits per heavy atom. The van der Waals surface area contributed by atoms with Gasteiger partial charge in [0.15, 0.2) is 5.60 Å². The maximum Gasteiger partial charge on any atom is 0.417 e. The van der Waals surface area contributed by atoms with Crippen LogP contribution in [-0.4, -0.2) is 24.0 Å². The second-order valence-electron chi connectivity index (χ2n) is 9.05. The number of hydrogen-bond acceptors (Lipinski definition) is 2. The van der Waals surface area contributed by atoms with Crippen molar-refractivity contribution in [3.63, 3.8) is 0 Å². The van der Waals surface area contributed by atoms with Crippen molar-refractivity contribution in [3.8, 4) is 16.9 Å². The van der Waals surface area contributed by atoms with Crippen LogP contribution in [0.2, 0.25) is 15.1 Å². The smallest absolute Gasteiger partial charge is 0.417 e. The van der Waals surface area contributed by atoms with Gasteiger partial charge in [-0.25, -0.2) is 4.39 Å². The summed E-state index contributed by atoms with van der Waals surface area (Å²) >= 11 is 18.6. The van der Waals surface area contributed by atoms with E-state index in [4.69, 9.17) is 39.5 Å². The fraction of sp³-hybridized carbons (Fsp3) is 0.308. The van der Waals surface area contributed by atoms with Crippen LogP contribution in [0.25, 0.3) is 11.1 Å². The van der Waals surface area contributed by atoms with Crippen molar-refractivity contribution < 1.29 is 27.4 Å². The first-order valence-corrected chi connectivity index (χ1v) is 11.7. The Hall–Kier alpha value is -1.99. The molecule has 2 nitrogen and oxygen atoms in total. The van der Waals surface area contributed by atoms with Crippen molar-refractivity contribution in [2.24, 2.45) is 0 Å². The minimum atomic E-state index is -4.98. The van der Waals surface area contributed by atoms with Gasteiger partial charge in [0.1, 0.15) is 11.6 Å². The number of hydrogen-bond donors (Lipinski definition) is 1. The van der Waals surface area contributed by atoms with E-state index in [1.807, 2.05) is 0 Å². The molecule has 0 aliphatic heterocycles. The number of rotatable bonds is 7. The van der Waals surface area contributed by atoms with E-state index in [-0.39, 0.29) is 21.9 Å². The SMILES string of the molecule is COc1ccc(F)cc1C(C)(C)CC(O)(Cc1ccc(-c2ccc(Cl)cc2Cl)c(Cl)c1)C(F)(F)F. The average Bonchev–Trinajstić information content (AvgIpc) is 2.73. The van der Waals surface area contributed by atoms with Gasteiger partial charge in [-0.15, -0.1) is 0 Å². The van der Waals surface area contributed by atoms with E-state index in [1.165, 1.54) is 45.2 Å². The maximum atomic E-state index is 14.2. The van der Waals surface area contributed by atoms with E-state index in [0.29, 0.717) is 21.2 Å². The van der Waals surface area contributed by atoms with E-state index in [2.05, 4.69) is 0 Å². The van der Waals surface area contributed by atoms with Gasteiger partial charge in [-0.1, -0.05) is 66.8 Å². The van der Waals surface area contributed by atoms with Crippen molar-refractivity contribution in [1.82, 2.24) is 0 Å². The molecule has 3 aromatic rings. The molecule has 1 unspecified atom stereocenters. The molecule has 0 fully saturated rings. The molecular formula is C26H23Cl3F4O2. The van der Waals surface area contributed by atoms with Gasteiger partial charge in [-0.3, -0.25) is 0 Å². The van der Waals surface area contributed by atoms with Gasteiger partial charge >= 0.3 is 6.18 Å². The molecule has 0 saturated carbocycles. The van der Waals surface area contributed by atoms with Crippen LogP contribution in [0.1, 0.15) is 31.4 Å². The summed E-state index contributed by atoms with van der Waals surface area (Å²) in [5.41, 5.74) is -2.95. The van der Waals surface area contributed by atoms with E-state index in [0.717, 1.165) is 12.1 Å². The average molecular weight is 550 g/mol. The summed E-state index contributed by atoms with van der Waals surface area (Å²) in [6, 6.07) is 12.8. The highest BCUT2D eigenvalue weighted by atomic mass is 35.5. The van der Waals surface area contributed by atoms with E-state index >= 15 is 0 Å². The van der Waals surface area contributed by atoms with Crippen molar-refractivity contribution in [3.05, 3.63) is 86.6 Å². The predicted octanol–water partition coefficient (Wildman–Crippen LogP) is 8.67. The molecule has 0 heterocycles. The lowest BCUT2D eigenvalue weighted by atomic mass is 9.72. The van der Waals surface area contributed by atoms with Crippen LogP contribution in [-0.2, 0) is 11.8 Å². The van der Waals surface area contributed by atoms with Crippen LogP contribution >= 0.6 is 34.8 Å². The summed E-state index contributed by atoms with van der Waals surface area (Å²) in [7, 11) is 1.35. The van der Waals surface area contributed by atoms with Gasteiger partial charge < -0.3 is 9.84 Å². The lowest BCUT2D eigenvalue weighted by Crippen LogP contribution is -2.50. The Bertz CT molecular complexity index is 1230. The monoisotopic (exact) mass is 548 g/mol. The summed E-state index contributed by atoms with van der Waals surface area (Å²) in [6.45, 7) is 3.00. The quantitative estimate of drug-likeness (QED) is 0.299. The van der Waals surface area contributed by atoms with Gasteiger partial charge in [0.2, 0.25) is 0 Å². The Balaban J connectivity index is 1.97. The largest absolute Gasteiger partial charge is 0.496 e. The Morgan fingerprint density at radius 1 is 0.857 bits per heavy atom. The van der Waals surface area contributed by atoms with Gasteiger partial charge in [-0.2, -0.15) is 13.2 Å². The number of aliphatic hydroxyl groups is 1. The van der Waals surface area contributed by atoms with Crippen LogP contribution < -0.4 is 4.74 Å². The molecule has 0 saturated heterocycles. The molecule has 3 rings (SSSR count). The minimum Gasteiger partial charge on any atom is -0.496 e. The summed E-state index contributed by atoms with van der Waals surface area (Å²) in [6.07, 6.45) is -6.48. The highest BCUT2D eigenvalue weighted by molar-refractivity contribution is 6.38. The molecule has 0 bridgehead atoms. The second kappa shape index (κ2) is 10.2. The summed E-state index contributed by atoms with van der Waals surface area (Å²) in [5, 5.41) is 11.9. The molecule has 0 aliphatic carbocycles. The first-order chi connectivity index (χ1) is 16.2. The van der Waals surface area contributed by atoms with Crippen LogP contribution in [0.15, 0.2) is 54.6 Å². The fourth-order valence-corrected chi connectivity index (χ4v) is 5.05. The van der Waals surface area contributed by atoms with Gasteiger partial charge in [-0.05, 0) is 53.8 Å².